The zero-order chi connectivity index (χ0) is 39.0. The van der Waals surface area contributed by atoms with Crippen molar-refractivity contribution in [1.82, 2.24) is 0 Å². The van der Waals surface area contributed by atoms with E-state index in [2.05, 4.69) is 33.4 Å². The summed E-state index contributed by atoms with van der Waals surface area (Å²) in [6.45, 7) is 13.4. The van der Waals surface area contributed by atoms with Gasteiger partial charge in [-0.15, -0.1) is 20.6 Å². The molecule has 2 fully saturated rings. The summed E-state index contributed by atoms with van der Waals surface area (Å²) in [5, 5.41) is 0. The molecule has 2 rings (SSSR count). The summed E-state index contributed by atoms with van der Waals surface area (Å²) < 4.78 is 55.0. The van der Waals surface area contributed by atoms with Crippen molar-refractivity contribution < 1.29 is 103 Å². The Morgan fingerprint density at radius 1 is 0.500 bits per heavy atom. The van der Waals surface area contributed by atoms with Crippen LogP contribution in [-0.4, -0.2) is 134 Å². The molecule has 300 valence electrons. The second-order valence-corrected chi connectivity index (χ2v) is 15.1. The molecule has 17 nitrogen and oxygen atoms in total. The predicted molar refractivity (Wildman–Crippen MR) is 181 cm³/mol. The first-order valence-corrected chi connectivity index (χ1v) is 18.8. The maximum Gasteiger partial charge on any atom is 3.00 e. The van der Waals surface area contributed by atoms with Crippen LogP contribution in [0.1, 0.15) is 69.2 Å². The molecule has 0 aliphatic carbocycles. The van der Waals surface area contributed by atoms with Crippen LogP contribution in [0.5, 0.6) is 0 Å². The number of hydrogen-bond acceptors (Lipinski definition) is 18. The largest absolute Gasteiger partial charge is 3.00 e. The van der Waals surface area contributed by atoms with Gasteiger partial charge in [-0.2, -0.15) is 0 Å². The molecule has 0 amide bonds. The van der Waals surface area contributed by atoms with Crippen LogP contribution in [-0.2, 0) is 103 Å². The Morgan fingerprint density at radius 2 is 0.846 bits per heavy atom. The fourth-order valence-electron chi connectivity index (χ4n) is 5.16. The van der Waals surface area contributed by atoms with E-state index in [0.717, 1.165) is 48.5 Å². The molecule has 10 atom stereocenters. The van der Waals surface area contributed by atoms with E-state index in [0.29, 0.717) is 7.92 Å². The Morgan fingerprint density at radius 3 is 1.21 bits per heavy atom. The molecule has 0 saturated carbocycles. The molecular formula is C32H51AuO17PS+3. The van der Waals surface area contributed by atoms with E-state index in [9.17, 15) is 33.6 Å². The molecule has 0 unspecified atom stereocenters. The number of hydrogen-bond donors (Lipinski definition) is 1. The molecule has 0 aromatic heterocycles. The van der Waals surface area contributed by atoms with Gasteiger partial charge in [-0.05, 0) is 18.5 Å². The summed E-state index contributed by atoms with van der Waals surface area (Å²) in [4.78, 5) is 83.7. The second kappa shape index (κ2) is 24.9. The van der Waals surface area contributed by atoms with Gasteiger partial charge in [0.2, 0.25) is 0 Å². The second-order valence-electron chi connectivity index (χ2n) is 11.3. The van der Waals surface area contributed by atoms with E-state index >= 15 is 0 Å². The molecule has 2 heterocycles. The zero-order valence-electron chi connectivity index (χ0n) is 30.9. The average Bonchev–Trinajstić information content (AvgIpc) is 3.01. The Balaban J connectivity index is 0.00000294. The SMILES string of the molecule is CC(=O)OC[C@H]1O[C@H](O[C@H]2[C@@H](OC(C)=O)[C@@H](OC(C)=O)[C@H](S)O[C@@H]2COC(C)=O)[C@H](OC(C)=O)[C@@H](OC(C)=O)[C@H]1OC(C)=O.CCP(CC)CC.[Au+3]. The molecule has 0 radical (unpaired) electrons. The molecule has 0 spiro atoms. The van der Waals surface area contributed by atoms with Crippen LogP contribution in [0.25, 0.3) is 0 Å². The van der Waals surface area contributed by atoms with Gasteiger partial charge in [0, 0.05) is 48.5 Å². The van der Waals surface area contributed by atoms with Crippen LogP contribution in [0.15, 0.2) is 0 Å². The first kappa shape index (κ1) is 49.7. The summed E-state index contributed by atoms with van der Waals surface area (Å²) in [6.07, 6.45) is -9.15. The van der Waals surface area contributed by atoms with Crippen LogP contribution in [0.4, 0.5) is 0 Å². The van der Waals surface area contributed by atoms with Gasteiger partial charge < -0.3 is 47.4 Å². The molecule has 2 aliphatic heterocycles. The smallest absolute Gasteiger partial charge is 0.463 e. The normalized spacial score (nSPS) is 28.0. The van der Waals surface area contributed by atoms with Crippen LogP contribution in [0.3, 0.4) is 0 Å². The Kier molecular flexibility index (Phi) is 23.8. The van der Waals surface area contributed by atoms with Gasteiger partial charge in [-0.25, -0.2) is 0 Å². The molecule has 52 heavy (non-hydrogen) atoms. The molecule has 0 bridgehead atoms. The topological polar surface area (TPSA) is 212 Å². The first-order chi connectivity index (χ1) is 23.8. The first-order valence-electron chi connectivity index (χ1n) is 16.3. The summed E-state index contributed by atoms with van der Waals surface area (Å²) in [5.74, 6) is -5.69. The van der Waals surface area contributed by atoms with E-state index in [1.54, 1.807) is 0 Å². The molecule has 0 aromatic carbocycles. The molecule has 2 aliphatic rings. The van der Waals surface area contributed by atoms with Gasteiger partial charge in [-0.1, -0.05) is 20.8 Å². The number of rotatable bonds is 14. The number of esters is 7. The number of thiol groups is 1. The van der Waals surface area contributed by atoms with Crippen molar-refractivity contribution in [2.45, 2.75) is 130 Å². The molecular weight excluding hydrogens is 916 g/mol. The average molecular weight is 968 g/mol. The van der Waals surface area contributed by atoms with Crippen LogP contribution >= 0.6 is 20.6 Å². The number of carbonyl (C=O) groups excluding carboxylic acids is 7. The monoisotopic (exact) mass is 967 g/mol. The van der Waals surface area contributed by atoms with Crippen molar-refractivity contribution in [2.75, 3.05) is 31.7 Å². The van der Waals surface area contributed by atoms with E-state index < -0.39 is 116 Å². The molecule has 0 aromatic rings. The fraction of sp³-hybridized carbons (Fsp3) is 0.781. The van der Waals surface area contributed by atoms with Gasteiger partial charge >= 0.3 is 64.2 Å². The van der Waals surface area contributed by atoms with Crippen molar-refractivity contribution in [3.8, 4) is 0 Å². The van der Waals surface area contributed by atoms with Gasteiger partial charge in [0.1, 0.15) is 37.0 Å². The fourth-order valence-corrected chi connectivity index (χ4v) is 6.89. The van der Waals surface area contributed by atoms with Crippen molar-refractivity contribution in [1.29, 1.82) is 0 Å². The Labute approximate surface area is 326 Å². The van der Waals surface area contributed by atoms with E-state index in [1.165, 1.54) is 18.5 Å². The number of carbonyl (C=O) groups is 7. The van der Waals surface area contributed by atoms with Crippen LogP contribution < -0.4 is 0 Å². The van der Waals surface area contributed by atoms with Crippen molar-refractivity contribution >= 4 is 62.3 Å². The third kappa shape index (κ3) is 17.2. The summed E-state index contributed by atoms with van der Waals surface area (Å²) >= 11 is 4.30. The minimum atomic E-state index is -1.74. The maximum atomic E-state index is 12.2. The van der Waals surface area contributed by atoms with E-state index in [1.807, 2.05) is 0 Å². The van der Waals surface area contributed by atoms with Crippen LogP contribution in [0, 0.1) is 0 Å². The third-order valence-electron chi connectivity index (χ3n) is 7.25. The molecule has 20 heteroatoms. The summed E-state index contributed by atoms with van der Waals surface area (Å²) in [7, 11) is 0.446. The van der Waals surface area contributed by atoms with Gasteiger partial charge in [0.25, 0.3) is 0 Å². The molecule has 2 saturated heterocycles. The van der Waals surface area contributed by atoms with Gasteiger partial charge in [0.05, 0.1) is 0 Å². The van der Waals surface area contributed by atoms with E-state index in [4.69, 9.17) is 47.4 Å². The maximum absolute atomic E-state index is 12.2. The minimum absolute atomic E-state index is 0. The third-order valence-corrected chi connectivity index (χ3v) is 10.3. The summed E-state index contributed by atoms with van der Waals surface area (Å²) in [6, 6.07) is 0. The summed E-state index contributed by atoms with van der Waals surface area (Å²) in [5.41, 5.74) is -1.21. The van der Waals surface area contributed by atoms with Crippen molar-refractivity contribution in [3.05, 3.63) is 0 Å². The van der Waals surface area contributed by atoms with Crippen molar-refractivity contribution in [3.63, 3.8) is 0 Å². The standard InChI is InChI=1S/C26H36O17S.C6H15P.Au/c1-10(27)34-8-17-19(36-12(3)29)21(37-13(4)30)23(39-15(6)32)25(41-17)43-20-18(9-35-11(2)28)42-26(44)24(40-16(7)33)22(20)38-14(5)31;1-4-7(5-2)6-3;/h17-26,44H,8-9H2,1-7H3;4-6H2,1-3H3;/q;;+3/t17-,18-,19+,20-,21+,22-,23-,24-,25-,26+;;/m1../s1. The quantitative estimate of drug-likeness (QED) is 0.0868. The Bertz CT molecular complexity index is 1200. The molecule has 0 N–H and O–H groups in total. The van der Waals surface area contributed by atoms with Crippen molar-refractivity contribution in [2.24, 2.45) is 0 Å². The zero-order valence-corrected chi connectivity index (χ0v) is 34.9. The number of ether oxygens (including phenoxy) is 10. The predicted octanol–water partition coefficient (Wildman–Crippen LogP) is 2.06. The van der Waals surface area contributed by atoms with Gasteiger partial charge in [0.15, 0.2) is 36.8 Å². The van der Waals surface area contributed by atoms with Gasteiger partial charge in [-0.3, -0.25) is 33.6 Å². The Hall–Kier alpha value is -2.31. The van der Waals surface area contributed by atoms with E-state index in [-0.39, 0.29) is 22.4 Å². The van der Waals surface area contributed by atoms with Crippen LogP contribution in [0.2, 0.25) is 0 Å². The minimum Gasteiger partial charge on any atom is -0.463 e.